The number of rotatable bonds is 9. The van der Waals surface area contributed by atoms with Gasteiger partial charge in [-0.25, -0.2) is 0 Å². The molecule has 1 aromatic carbocycles. The lowest BCUT2D eigenvalue weighted by molar-refractivity contribution is -0.0703. The quantitative estimate of drug-likeness (QED) is 0.721. The summed E-state index contributed by atoms with van der Waals surface area (Å²) in [5.74, 6) is 0.591. The van der Waals surface area contributed by atoms with Crippen molar-refractivity contribution in [3.8, 4) is 0 Å². The molecule has 0 aliphatic carbocycles. The van der Waals surface area contributed by atoms with E-state index in [-0.39, 0.29) is 5.60 Å². The first-order chi connectivity index (χ1) is 10.0. The molecule has 0 aliphatic rings. The van der Waals surface area contributed by atoms with Crippen molar-refractivity contribution in [3.05, 3.63) is 35.4 Å². The molecule has 120 valence electrons. The predicted octanol–water partition coefficient (Wildman–Crippen LogP) is 4.54. The van der Waals surface area contributed by atoms with Crippen LogP contribution in [0.4, 0.5) is 0 Å². The van der Waals surface area contributed by atoms with E-state index in [0.717, 1.165) is 25.9 Å². The van der Waals surface area contributed by atoms with Crippen LogP contribution in [-0.4, -0.2) is 25.3 Å². The number of nitrogens with one attached hydrogen (secondary N) is 1. The highest BCUT2D eigenvalue weighted by Gasteiger charge is 2.35. The van der Waals surface area contributed by atoms with Gasteiger partial charge in [0, 0.05) is 12.6 Å². The Balaban J connectivity index is 2.89. The van der Waals surface area contributed by atoms with Crippen LogP contribution in [0.2, 0.25) is 0 Å². The van der Waals surface area contributed by atoms with E-state index >= 15 is 0 Å². The summed E-state index contributed by atoms with van der Waals surface area (Å²) in [6.07, 6.45) is 3.08. The molecular weight excluding hydrogens is 258 g/mol. The van der Waals surface area contributed by atoms with Crippen molar-refractivity contribution in [2.24, 2.45) is 0 Å². The van der Waals surface area contributed by atoms with Crippen molar-refractivity contribution in [3.63, 3.8) is 0 Å². The number of hydrogen-bond acceptors (Lipinski definition) is 2. The van der Waals surface area contributed by atoms with Gasteiger partial charge in [0.1, 0.15) is 0 Å². The zero-order valence-electron chi connectivity index (χ0n) is 14.7. The third-order valence-corrected chi connectivity index (χ3v) is 4.70. The van der Waals surface area contributed by atoms with Crippen LogP contribution in [0, 0.1) is 0 Å². The minimum Gasteiger partial charge on any atom is -0.374 e. The Morgan fingerprint density at radius 2 is 1.62 bits per heavy atom. The highest BCUT2D eigenvalue weighted by molar-refractivity contribution is 5.25. The molecule has 21 heavy (non-hydrogen) atoms. The van der Waals surface area contributed by atoms with Crippen LogP contribution in [0.5, 0.6) is 0 Å². The minimum absolute atomic E-state index is 0.0692. The molecular formula is C19H33NO. The monoisotopic (exact) mass is 291 g/mol. The van der Waals surface area contributed by atoms with E-state index in [1.807, 2.05) is 7.05 Å². The molecule has 0 radical (unpaired) electrons. The minimum atomic E-state index is -0.0692. The van der Waals surface area contributed by atoms with Gasteiger partial charge in [0.05, 0.1) is 5.60 Å². The Hall–Kier alpha value is -0.860. The molecule has 1 aromatic rings. The molecule has 0 saturated carbocycles. The van der Waals surface area contributed by atoms with Gasteiger partial charge in [0.25, 0.3) is 0 Å². The Bertz CT molecular complexity index is 393. The summed E-state index contributed by atoms with van der Waals surface area (Å²) in [4.78, 5) is 0. The summed E-state index contributed by atoms with van der Waals surface area (Å²) in [6, 6.07) is 9.39. The second-order valence-corrected chi connectivity index (χ2v) is 6.15. The summed E-state index contributed by atoms with van der Waals surface area (Å²) in [5, 5.41) is 3.49. The molecule has 0 amide bonds. The first-order valence-corrected chi connectivity index (χ1v) is 8.43. The van der Waals surface area contributed by atoms with E-state index in [9.17, 15) is 0 Å². The zero-order valence-corrected chi connectivity index (χ0v) is 14.7. The highest BCUT2D eigenvalue weighted by Crippen LogP contribution is 2.27. The maximum atomic E-state index is 6.15. The van der Waals surface area contributed by atoms with Crippen LogP contribution in [0.1, 0.15) is 64.5 Å². The van der Waals surface area contributed by atoms with Crippen LogP contribution < -0.4 is 5.32 Å². The van der Waals surface area contributed by atoms with Crippen molar-refractivity contribution in [2.45, 2.75) is 71.4 Å². The lowest BCUT2D eigenvalue weighted by Crippen LogP contribution is -2.52. The summed E-state index contributed by atoms with van der Waals surface area (Å²) >= 11 is 0. The van der Waals surface area contributed by atoms with E-state index < -0.39 is 0 Å². The summed E-state index contributed by atoms with van der Waals surface area (Å²) < 4.78 is 6.15. The first-order valence-electron chi connectivity index (χ1n) is 8.43. The number of hydrogen-bond donors (Lipinski definition) is 1. The lowest BCUT2D eigenvalue weighted by Gasteiger charge is -2.39. The van der Waals surface area contributed by atoms with Gasteiger partial charge >= 0.3 is 0 Å². The third kappa shape index (κ3) is 4.55. The fourth-order valence-electron chi connectivity index (χ4n) is 3.16. The highest BCUT2D eigenvalue weighted by atomic mass is 16.5. The molecule has 0 fully saturated rings. The fourth-order valence-corrected chi connectivity index (χ4v) is 3.16. The standard InChI is InChI=1S/C19H33NO/c1-7-19(8-2,21-9-3)18(20-6)14-16-10-12-17(13-11-16)15(4)5/h10-13,15,18,20H,7-9,14H2,1-6H3. The van der Waals surface area contributed by atoms with Gasteiger partial charge in [0.2, 0.25) is 0 Å². The predicted molar refractivity (Wildman–Crippen MR) is 92.0 cm³/mol. The maximum Gasteiger partial charge on any atom is 0.0832 e. The molecule has 1 N–H and O–H groups in total. The molecule has 1 rings (SSSR count). The molecule has 2 nitrogen and oxygen atoms in total. The van der Waals surface area contributed by atoms with Crippen LogP contribution in [0.15, 0.2) is 24.3 Å². The number of likely N-dealkylation sites (N-methyl/N-ethyl adjacent to an activating group) is 1. The topological polar surface area (TPSA) is 21.3 Å². The molecule has 0 aromatic heterocycles. The second kappa shape index (κ2) is 8.55. The van der Waals surface area contributed by atoms with Crippen LogP contribution in [-0.2, 0) is 11.2 Å². The maximum absolute atomic E-state index is 6.15. The van der Waals surface area contributed by atoms with E-state index in [0.29, 0.717) is 12.0 Å². The fraction of sp³-hybridized carbons (Fsp3) is 0.684. The number of ether oxygens (including phenoxy) is 1. The average Bonchev–Trinajstić information content (AvgIpc) is 2.51. The van der Waals surface area contributed by atoms with Crippen LogP contribution in [0.25, 0.3) is 0 Å². The van der Waals surface area contributed by atoms with E-state index in [2.05, 4.69) is 64.2 Å². The SMILES string of the molecule is CCOC(CC)(CC)C(Cc1ccc(C(C)C)cc1)NC. The zero-order chi connectivity index (χ0) is 15.9. The normalized spacial score (nSPS) is 13.7. The van der Waals surface area contributed by atoms with Gasteiger partial charge in [-0.3, -0.25) is 0 Å². The van der Waals surface area contributed by atoms with E-state index in [1.165, 1.54) is 11.1 Å². The van der Waals surface area contributed by atoms with E-state index in [1.54, 1.807) is 0 Å². The lowest BCUT2D eigenvalue weighted by atomic mass is 9.84. The van der Waals surface area contributed by atoms with Gasteiger partial charge in [0.15, 0.2) is 0 Å². The molecule has 0 saturated heterocycles. The molecule has 0 heterocycles. The third-order valence-electron chi connectivity index (χ3n) is 4.70. The molecule has 0 bridgehead atoms. The Kier molecular flexibility index (Phi) is 7.41. The summed E-state index contributed by atoms with van der Waals surface area (Å²) in [6.45, 7) is 11.8. The number of benzene rings is 1. The van der Waals surface area contributed by atoms with Crippen molar-refractivity contribution >= 4 is 0 Å². The summed E-state index contributed by atoms with van der Waals surface area (Å²) in [7, 11) is 2.05. The Morgan fingerprint density at radius 1 is 1.05 bits per heavy atom. The smallest absolute Gasteiger partial charge is 0.0832 e. The van der Waals surface area contributed by atoms with Crippen LogP contribution >= 0.6 is 0 Å². The molecule has 0 spiro atoms. The van der Waals surface area contributed by atoms with Crippen molar-refractivity contribution in [1.29, 1.82) is 0 Å². The van der Waals surface area contributed by atoms with Crippen molar-refractivity contribution in [1.82, 2.24) is 5.32 Å². The van der Waals surface area contributed by atoms with Crippen molar-refractivity contribution in [2.75, 3.05) is 13.7 Å². The van der Waals surface area contributed by atoms with Gasteiger partial charge in [-0.2, -0.15) is 0 Å². The van der Waals surface area contributed by atoms with Gasteiger partial charge in [-0.15, -0.1) is 0 Å². The molecule has 0 aliphatic heterocycles. The van der Waals surface area contributed by atoms with Gasteiger partial charge in [-0.05, 0) is 50.3 Å². The first kappa shape index (κ1) is 18.2. The molecule has 1 atom stereocenters. The average molecular weight is 291 g/mol. The van der Waals surface area contributed by atoms with E-state index in [4.69, 9.17) is 4.74 Å². The Morgan fingerprint density at radius 3 is 2.00 bits per heavy atom. The van der Waals surface area contributed by atoms with Crippen LogP contribution in [0.3, 0.4) is 0 Å². The largest absolute Gasteiger partial charge is 0.374 e. The summed E-state index contributed by atoms with van der Waals surface area (Å²) in [5.41, 5.74) is 2.71. The van der Waals surface area contributed by atoms with Gasteiger partial charge in [-0.1, -0.05) is 52.0 Å². The Labute approximate surface area is 131 Å². The van der Waals surface area contributed by atoms with Crippen molar-refractivity contribution < 1.29 is 4.74 Å². The molecule has 1 unspecified atom stereocenters. The molecule has 2 heteroatoms. The second-order valence-electron chi connectivity index (χ2n) is 6.15. The van der Waals surface area contributed by atoms with Gasteiger partial charge < -0.3 is 10.1 Å².